The minimum atomic E-state index is -0.747. The van der Waals surface area contributed by atoms with Gasteiger partial charge in [-0.1, -0.05) is 29.3 Å². The van der Waals surface area contributed by atoms with Crippen LogP contribution in [0.1, 0.15) is 5.56 Å². The Balaban J connectivity index is 1.87. The summed E-state index contributed by atoms with van der Waals surface area (Å²) in [5, 5.41) is 22.2. The maximum atomic E-state index is 9.29. The van der Waals surface area contributed by atoms with Crippen molar-refractivity contribution in [1.29, 1.82) is 0 Å². The molecule has 0 fully saturated rings. The molecule has 2 rings (SSSR count). The van der Waals surface area contributed by atoms with Crippen molar-refractivity contribution in [3.8, 4) is 0 Å². The number of anilines is 1. The number of thioether (sulfide) groups is 1. The SMILES string of the molecule is OCC(O)CNc1ccc(SCc2ccc(Cl)c(Cl)c2)cc1. The zero-order chi connectivity index (χ0) is 15.9. The van der Waals surface area contributed by atoms with E-state index < -0.39 is 6.10 Å². The van der Waals surface area contributed by atoms with Gasteiger partial charge in [0.25, 0.3) is 0 Å². The van der Waals surface area contributed by atoms with Gasteiger partial charge in [-0.3, -0.25) is 0 Å². The zero-order valence-electron chi connectivity index (χ0n) is 11.8. The van der Waals surface area contributed by atoms with Crippen LogP contribution in [0.4, 0.5) is 5.69 Å². The summed E-state index contributed by atoms with van der Waals surface area (Å²) in [5.41, 5.74) is 2.03. The van der Waals surface area contributed by atoms with E-state index in [1.54, 1.807) is 17.8 Å². The maximum absolute atomic E-state index is 9.29. The first-order valence-corrected chi connectivity index (χ1v) is 8.52. The van der Waals surface area contributed by atoms with E-state index in [-0.39, 0.29) is 6.61 Å². The smallest absolute Gasteiger partial charge is 0.0942 e. The van der Waals surface area contributed by atoms with E-state index in [2.05, 4.69) is 5.32 Å². The van der Waals surface area contributed by atoms with Gasteiger partial charge in [-0.25, -0.2) is 0 Å². The third-order valence-corrected chi connectivity index (χ3v) is 4.82. The number of aliphatic hydroxyl groups is 2. The molecule has 3 nitrogen and oxygen atoms in total. The molecule has 1 atom stereocenters. The molecule has 0 radical (unpaired) electrons. The van der Waals surface area contributed by atoms with Gasteiger partial charge in [0.15, 0.2) is 0 Å². The highest BCUT2D eigenvalue weighted by molar-refractivity contribution is 7.98. The topological polar surface area (TPSA) is 52.5 Å². The molecule has 0 heterocycles. The summed E-state index contributed by atoms with van der Waals surface area (Å²) in [6, 6.07) is 13.6. The van der Waals surface area contributed by atoms with Gasteiger partial charge in [0.2, 0.25) is 0 Å². The summed E-state index contributed by atoms with van der Waals surface area (Å²) in [6.45, 7) is 0.0802. The number of nitrogens with one attached hydrogen (secondary N) is 1. The first kappa shape index (κ1) is 17.4. The Morgan fingerprint density at radius 3 is 2.41 bits per heavy atom. The van der Waals surface area contributed by atoms with Crippen LogP contribution in [0.25, 0.3) is 0 Å². The second-order valence-corrected chi connectivity index (χ2v) is 6.64. The van der Waals surface area contributed by atoms with Crippen LogP contribution in [0.3, 0.4) is 0 Å². The molecule has 2 aromatic carbocycles. The van der Waals surface area contributed by atoms with Crippen LogP contribution < -0.4 is 5.32 Å². The average molecular weight is 358 g/mol. The van der Waals surface area contributed by atoms with Crippen LogP contribution in [-0.2, 0) is 5.75 Å². The Labute approximate surface area is 144 Å². The molecule has 0 amide bonds. The molecular formula is C16H17Cl2NO2S. The number of hydrogen-bond acceptors (Lipinski definition) is 4. The van der Waals surface area contributed by atoms with Crippen molar-refractivity contribution in [2.24, 2.45) is 0 Å². The summed E-state index contributed by atoms with van der Waals surface area (Å²) in [4.78, 5) is 1.14. The molecular weight excluding hydrogens is 341 g/mol. The first-order valence-electron chi connectivity index (χ1n) is 6.78. The fraction of sp³-hybridized carbons (Fsp3) is 0.250. The normalized spacial score (nSPS) is 12.2. The Morgan fingerprint density at radius 2 is 1.77 bits per heavy atom. The molecule has 0 aliphatic heterocycles. The quantitative estimate of drug-likeness (QED) is 0.654. The minimum absolute atomic E-state index is 0.245. The van der Waals surface area contributed by atoms with Gasteiger partial charge in [0.1, 0.15) is 0 Å². The summed E-state index contributed by atoms with van der Waals surface area (Å²) in [6.07, 6.45) is -0.747. The second-order valence-electron chi connectivity index (χ2n) is 4.78. The van der Waals surface area contributed by atoms with Crippen molar-refractivity contribution >= 4 is 40.7 Å². The van der Waals surface area contributed by atoms with Crippen LogP contribution in [-0.4, -0.2) is 29.5 Å². The number of halogens is 2. The van der Waals surface area contributed by atoms with Crippen LogP contribution in [0.2, 0.25) is 10.0 Å². The van der Waals surface area contributed by atoms with Crippen LogP contribution in [0, 0.1) is 0 Å². The first-order chi connectivity index (χ1) is 10.6. The summed E-state index contributed by atoms with van der Waals surface area (Å²) in [7, 11) is 0. The molecule has 0 bridgehead atoms. The maximum Gasteiger partial charge on any atom is 0.0942 e. The van der Waals surface area contributed by atoms with Crippen LogP contribution >= 0.6 is 35.0 Å². The van der Waals surface area contributed by atoms with Gasteiger partial charge in [0.05, 0.1) is 22.8 Å². The standard InChI is InChI=1S/C16H17Cl2NO2S/c17-15-6-1-11(7-16(15)18)10-22-14-4-2-12(3-5-14)19-8-13(21)9-20/h1-7,13,19-21H,8-10H2. The van der Waals surface area contributed by atoms with E-state index in [1.165, 1.54) is 0 Å². The molecule has 0 aliphatic rings. The zero-order valence-corrected chi connectivity index (χ0v) is 14.1. The van der Waals surface area contributed by atoms with Crippen LogP contribution in [0.15, 0.2) is 47.4 Å². The fourth-order valence-corrected chi connectivity index (χ4v) is 2.93. The highest BCUT2D eigenvalue weighted by Crippen LogP contribution is 2.28. The van der Waals surface area contributed by atoms with Gasteiger partial charge >= 0.3 is 0 Å². The number of rotatable bonds is 7. The lowest BCUT2D eigenvalue weighted by atomic mass is 10.2. The molecule has 118 valence electrons. The lowest BCUT2D eigenvalue weighted by Crippen LogP contribution is -2.22. The van der Waals surface area contributed by atoms with Crippen molar-refractivity contribution in [3.63, 3.8) is 0 Å². The summed E-state index contributed by atoms with van der Waals surface area (Å²) in [5.74, 6) is 0.812. The van der Waals surface area contributed by atoms with Gasteiger partial charge in [0, 0.05) is 22.9 Å². The number of benzene rings is 2. The molecule has 1 unspecified atom stereocenters. The Morgan fingerprint density at radius 1 is 1.05 bits per heavy atom. The Kier molecular flexibility index (Phi) is 6.86. The molecule has 0 spiro atoms. The van der Waals surface area contributed by atoms with Gasteiger partial charge in [-0.15, -0.1) is 11.8 Å². The van der Waals surface area contributed by atoms with E-state index in [0.717, 1.165) is 21.9 Å². The molecule has 22 heavy (non-hydrogen) atoms. The predicted octanol–water partition coefficient (Wildman–Crippen LogP) is 4.05. The predicted molar refractivity (Wildman–Crippen MR) is 94.0 cm³/mol. The molecule has 0 saturated carbocycles. The van der Waals surface area contributed by atoms with E-state index in [0.29, 0.717) is 16.6 Å². The van der Waals surface area contributed by atoms with Gasteiger partial charge in [-0.05, 0) is 42.0 Å². The molecule has 3 N–H and O–H groups in total. The van der Waals surface area contributed by atoms with E-state index in [4.69, 9.17) is 28.3 Å². The van der Waals surface area contributed by atoms with Crippen molar-refractivity contribution in [2.75, 3.05) is 18.5 Å². The van der Waals surface area contributed by atoms with Crippen molar-refractivity contribution in [3.05, 3.63) is 58.1 Å². The lowest BCUT2D eigenvalue weighted by Gasteiger charge is -2.10. The van der Waals surface area contributed by atoms with E-state index in [9.17, 15) is 5.11 Å². The van der Waals surface area contributed by atoms with E-state index >= 15 is 0 Å². The molecule has 6 heteroatoms. The third kappa shape index (κ3) is 5.38. The summed E-state index contributed by atoms with van der Waals surface area (Å²) >= 11 is 13.6. The van der Waals surface area contributed by atoms with Crippen molar-refractivity contribution in [1.82, 2.24) is 0 Å². The van der Waals surface area contributed by atoms with E-state index in [1.807, 2.05) is 36.4 Å². The Hall–Kier alpha value is -0.910. The third-order valence-electron chi connectivity index (χ3n) is 3.00. The van der Waals surface area contributed by atoms with Crippen LogP contribution in [0.5, 0.6) is 0 Å². The number of hydrogen-bond donors (Lipinski definition) is 3. The Bertz CT molecular complexity index is 608. The largest absolute Gasteiger partial charge is 0.394 e. The highest BCUT2D eigenvalue weighted by Gasteiger charge is 2.03. The lowest BCUT2D eigenvalue weighted by molar-refractivity contribution is 0.105. The monoisotopic (exact) mass is 357 g/mol. The molecule has 2 aromatic rings. The van der Waals surface area contributed by atoms with Crippen molar-refractivity contribution in [2.45, 2.75) is 16.8 Å². The van der Waals surface area contributed by atoms with Gasteiger partial charge in [-0.2, -0.15) is 0 Å². The summed E-state index contributed by atoms with van der Waals surface area (Å²) < 4.78 is 0. The average Bonchev–Trinajstić information content (AvgIpc) is 2.54. The molecule has 0 aromatic heterocycles. The van der Waals surface area contributed by atoms with Crippen molar-refractivity contribution < 1.29 is 10.2 Å². The molecule has 0 saturated heterocycles. The molecule has 0 aliphatic carbocycles. The number of aliphatic hydroxyl groups excluding tert-OH is 2. The minimum Gasteiger partial charge on any atom is -0.394 e. The van der Waals surface area contributed by atoms with Gasteiger partial charge < -0.3 is 15.5 Å². The second kappa shape index (κ2) is 8.65. The highest BCUT2D eigenvalue weighted by atomic mass is 35.5. The fourth-order valence-electron chi connectivity index (χ4n) is 1.77.